The standard InChI is InChI=1S/C13H18N2O3/c1-13(2,3)18-12(16)15-10-7-17-11-6-8(14)4-5-9(10)11/h4-6,10H,7,14H2,1-3H3,(H,15,16)/t10-/m0/s1. The highest BCUT2D eigenvalue weighted by Gasteiger charge is 2.27. The minimum atomic E-state index is -0.506. The molecule has 0 saturated heterocycles. The fourth-order valence-electron chi connectivity index (χ4n) is 1.80. The largest absolute Gasteiger partial charge is 0.491 e. The fourth-order valence-corrected chi connectivity index (χ4v) is 1.80. The van der Waals surface area contributed by atoms with Gasteiger partial charge in [0.25, 0.3) is 0 Å². The monoisotopic (exact) mass is 250 g/mol. The van der Waals surface area contributed by atoms with E-state index in [2.05, 4.69) is 5.32 Å². The lowest BCUT2D eigenvalue weighted by atomic mass is 10.1. The highest BCUT2D eigenvalue weighted by Crippen LogP contribution is 2.33. The zero-order valence-electron chi connectivity index (χ0n) is 10.8. The van der Waals surface area contributed by atoms with Crippen molar-refractivity contribution in [2.45, 2.75) is 32.4 Å². The second-order valence-electron chi connectivity index (χ2n) is 5.31. The Morgan fingerprint density at radius 1 is 1.50 bits per heavy atom. The van der Waals surface area contributed by atoms with Crippen LogP contribution in [0.2, 0.25) is 0 Å². The van der Waals surface area contributed by atoms with Gasteiger partial charge in [-0.3, -0.25) is 0 Å². The van der Waals surface area contributed by atoms with Gasteiger partial charge in [0.1, 0.15) is 18.0 Å². The van der Waals surface area contributed by atoms with E-state index in [1.54, 1.807) is 12.1 Å². The molecule has 18 heavy (non-hydrogen) atoms. The highest BCUT2D eigenvalue weighted by molar-refractivity contribution is 5.69. The number of nitrogens with one attached hydrogen (secondary N) is 1. The first-order valence-corrected chi connectivity index (χ1v) is 5.87. The number of nitrogen functional groups attached to an aromatic ring is 1. The normalized spacial score (nSPS) is 17.8. The van der Waals surface area contributed by atoms with Crippen molar-refractivity contribution < 1.29 is 14.3 Å². The Labute approximate surface area is 106 Å². The first-order valence-electron chi connectivity index (χ1n) is 5.87. The van der Waals surface area contributed by atoms with Crippen LogP contribution in [0.1, 0.15) is 32.4 Å². The SMILES string of the molecule is CC(C)(C)OC(=O)N[C@H]1COc2cc(N)ccc21. The van der Waals surface area contributed by atoms with Crippen LogP contribution in [0, 0.1) is 0 Å². The molecule has 1 atom stereocenters. The van der Waals surface area contributed by atoms with E-state index in [0.717, 1.165) is 11.3 Å². The summed E-state index contributed by atoms with van der Waals surface area (Å²) in [7, 11) is 0. The van der Waals surface area contributed by atoms with E-state index in [1.807, 2.05) is 26.8 Å². The van der Waals surface area contributed by atoms with Crippen LogP contribution < -0.4 is 15.8 Å². The first kappa shape index (κ1) is 12.5. The Bertz CT molecular complexity index is 466. The molecule has 1 amide bonds. The average molecular weight is 250 g/mol. The van der Waals surface area contributed by atoms with Gasteiger partial charge in [-0.1, -0.05) is 6.07 Å². The highest BCUT2D eigenvalue weighted by atomic mass is 16.6. The van der Waals surface area contributed by atoms with Gasteiger partial charge in [-0.05, 0) is 26.8 Å². The van der Waals surface area contributed by atoms with Gasteiger partial charge in [0.05, 0.1) is 6.04 Å². The summed E-state index contributed by atoms with van der Waals surface area (Å²) >= 11 is 0. The smallest absolute Gasteiger partial charge is 0.408 e. The number of hydrogen-bond acceptors (Lipinski definition) is 4. The van der Waals surface area contributed by atoms with Crippen LogP contribution in [0.4, 0.5) is 10.5 Å². The maximum Gasteiger partial charge on any atom is 0.408 e. The molecule has 0 bridgehead atoms. The van der Waals surface area contributed by atoms with Crippen LogP contribution in [0.15, 0.2) is 18.2 Å². The summed E-state index contributed by atoms with van der Waals surface area (Å²) in [4.78, 5) is 11.7. The van der Waals surface area contributed by atoms with Gasteiger partial charge >= 0.3 is 6.09 Å². The molecule has 3 N–H and O–H groups in total. The summed E-state index contributed by atoms with van der Waals surface area (Å²) in [5, 5.41) is 2.78. The number of rotatable bonds is 1. The van der Waals surface area contributed by atoms with Gasteiger partial charge in [-0.15, -0.1) is 0 Å². The van der Waals surface area contributed by atoms with Crippen LogP contribution in [-0.2, 0) is 4.74 Å². The molecule has 5 heteroatoms. The number of ether oxygens (including phenoxy) is 2. The number of fused-ring (bicyclic) bond motifs is 1. The molecule has 1 aromatic rings. The predicted molar refractivity (Wildman–Crippen MR) is 68.5 cm³/mol. The summed E-state index contributed by atoms with van der Waals surface area (Å²) in [6, 6.07) is 5.22. The maximum absolute atomic E-state index is 11.7. The topological polar surface area (TPSA) is 73.6 Å². The minimum Gasteiger partial charge on any atom is -0.491 e. The van der Waals surface area contributed by atoms with E-state index in [4.69, 9.17) is 15.2 Å². The van der Waals surface area contributed by atoms with E-state index in [9.17, 15) is 4.79 Å². The lowest BCUT2D eigenvalue weighted by molar-refractivity contribution is 0.0497. The third-order valence-electron chi connectivity index (χ3n) is 2.51. The third-order valence-corrected chi connectivity index (χ3v) is 2.51. The summed E-state index contributed by atoms with van der Waals surface area (Å²) < 4.78 is 10.7. The number of nitrogens with two attached hydrogens (primary N) is 1. The zero-order valence-corrected chi connectivity index (χ0v) is 10.8. The van der Waals surface area contributed by atoms with Crippen molar-refractivity contribution >= 4 is 11.8 Å². The van der Waals surface area contributed by atoms with Crippen molar-refractivity contribution in [3.8, 4) is 5.75 Å². The van der Waals surface area contributed by atoms with Gasteiger partial charge in [0, 0.05) is 17.3 Å². The number of anilines is 1. The lowest BCUT2D eigenvalue weighted by Gasteiger charge is -2.21. The number of amides is 1. The average Bonchev–Trinajstić information content (AvgIpc) is 2.57. The van der Waals surface area contributed by atoms with E-state index in [0.29, 0.717) is 12.3 Å². The van der Waals surface area contributed by atoms with Crippen LogP contribution in [-0.4, -0.2) is 18.3 Å². The predicted octanol–water partition coefficient (Wildman–Crippen LogP) is 2.23. The van der Waals surface area contributed by atoms with E-state index in [-0.39, 0.29) is 6.04 Å². The maximum atomic E-state index is 11.7. The van der Waals surface area contributed by atoms with Gasteiger partial charge in [0.15, 0.2) is 0 Å². The number of benzene rings is 1. The molecule has 0 fully saturated rings. The van der Waals surface area contributed by atoms with Crippen molar-refractivity contribution in [3.05, 3.63) is 23.8 Å². The molecule has 0 aromatic heterocycles. The van der Waals surface area contributed by atoms with Crippen molar-refractivity contribution in [3.63, 3.8) is 0 Å². The summed E-state index contributed by atoms with van der Waals surface area (Å²) in [6.07, 6.45) is -0.444. The van der Waals surface area contributed by atoms with Crippen molar-refractivity contribution in [1.29, 1.82) is 0 Å². The molecule has 0 radical (unpaired) electrons. The van der Waals surface area contributed by atoms with Crippen molar-refractivity contribution in [1.82, 2.24) is 5.32 Å². The van der Waals surface area contributed by atoms with E-state index < -0.39 is 11.7 Å². The van der Waals surface area contributed by atoms with E-state index in [1.165, 1.54) is 0 Å². The Morgan fingerprint density at radius 3 is 2.89 bits per heavy atom. The van der Waals surface area contributed by atoms with Crippen LogP contribution >= 0.6 is 0 Å². The number of alkyl carbamates (subject to hydrolysis) is 1. The van der Waals surface area contributed by atoms with Gasteiger partial charge in [-0.25, -0.2) is 4.79 Å². The quantitative estimate of drug-likeness (QED) is 0.749. The Morgan fingerprint density at radius 2 is 2.22 bits per heavy atom. The fraction of sp³-hybridized carbons (Fsp3) is 0.462. The van der Waals surface area contributed by atoms with Gasteiger partial charge in [0.2, 0.25) is 0 Å². The Balaban J connectivity index is 2.04. The lowest BCUT2D eigenvalue weighted by Crippen LogP contribution is -2.35. The molecule has 1 aliphatic rings. The summed E-state index contributed by atoms with van der Waals surface area (Å²) in [6.45, 7) is 5.88. The molecule has 1 aliphatic heterocycles. The van der Waals surface area contributed by atoms with Crippen LogP contribution in [0.5, 0.6) is 5.75 Å². The zero-order chi connectivity index (χ0) is 13.3. The summed E-state index contributed by atoms with van der Waals surface area (Å²) in [5.74, 6) is 0.719. The van der Waals surface area contributed by atoms with Crippen molar-refractivity contribution in [2.75, 3.05) is 12.3 Å². The van der Waals surface area contributed by atoms with Crippen molar-refractivity contribution in [2.24, 2.45) is 0 Å². The molecule has 98 valence electrons. The summed E-state index contributed by atoms with van der Waals surface area (Å²) in [5.41, 5.74) is 6.73. The molecule has 0 aliphatic carbocycles. The van der Waals surface area contributed by atoms with Crippen LogP contribution in [0.25, 0.3) is 0 Å². The number of carbonyl (C=O) groups is 1. The molecule has 2 rings (SSSR count). The Hall–Kier alpha value is -1.91. The van der Waals surface area contributed by atoms with Gasteiger partial charge < -0.3 is 20.5 Å². The molecule has 5 nitrogen and oxygen atoms in total. The second-order valence-corrected chi connectivity index (χ2v) is 5.31. The third kappa shape index (κ3) is 2.85. The van der Waals surface area contributed by atoms with E-state index >= 15 is 0 Å². The first-order chi connectivity index (χ1) is 8.35. The molecule has 0 spiro atoms. The molecule has 1 aromatic carbocycles. The minimum absolute atomic E-state index is 0.185. The molecular formula is C13H18N2O3. The van der Waals surface area contributed by atoms with Crippen LogP contribution in [0.3, 0.4) is 0 Å². The van der Waals surface area contributed by atoms with Gasteiger partial charge in [-0.2, -0.15) is 0 Å². The molecule has 0 unspecified atom stereocenters. The second kappa shape index (κ2) is 4.40. The molecular weight excluding hydrogens is 232 g/mol. The number of carbonyl (C=O) groups excluding carboxylic acids is 1. The Kier molecular flexibility index (Phi) is 3.07. The number of hydrogen-bond donors (Lipinski definition) is 2. The molecule has 1 heterocycles. The molecule has 0 saturated carbocycles.